The minimum atomic E-state index is -0.674. The van der Waals surface area contributed by atoms with Gasteiger partial charge in [0, 0.05) is 12.1 Å². The number of amides is 3. The maximum absolute atomic E-state index is 13.3. The largest absolute Gasteiger partial charge is 0.447 e. The quantitative estimate of drug-likeness (QED) is 0.241. The van der Waals surface area contributed by atoms with Gasteiger partial charge in [0.2, 0.25) is 0 Å². The molecule has 8 heteroatoms. The zero-order valence-electron chi connectivity index (χ0n) is 23.8. The fourth-order valence-corrected chi connectivity index (χ4v) is 4.71. The van der Waals surface area contributed by atoms with Gasteiger partial charge in [-0.05, 0) is 67.3 Å². The van der Waals surface area contributed by atoms with Crippen LogP contribution in [0.5, 0.6) is 0 Å². The molecule has 0 radical (unpaired) electrons. The molecule has 1 aliphatic rings. The van der Waals surface area contributed by atoms with Crippen molar-refractivity contribution in [3.8, 4) is 11.1 Å². The number of ether oxygens (including phenoxy) is 2. The van der Waals surface area contributed by atoms with Gasteiger partial charge in [-0.2, -0.15) is 0 Å². The molecule has 42 heavy (non-hydrogen) atoms. The van der Waals surface area contributed by atoms with Crippen molar-refractivity contribution in [3.05, 3.63) is 120 Å². The Kier molecular flexibility index (Phi) is 8.24. The third kappa shape index (κ3) is 6.96. The first kappa shape index (κ1) is 28.4. The van der Waals surface area contributed by atoms with Gasteiger partial charge in [0.25, 0.3) is 5.91 Å². The third-order valence-electron chi connectivity index (χ3n) is 6.74. The smallest absolute Gasteiger partial charge is 0.412 e. The average molecular weight is 564 g/mol. The number of carbonyl (C=O) groups is 3. The Morgan fingerprint density at radius 1 is 0.833 bits per heavy atom. The van der Waals surface area contributed by atoms with E-state index in [-0.39, 0.29) is 18.0 Å². The molecule has 0 spiro atoms. The first-order valence-electron chi connectivity index (χ1n) is 13.7. The molecule has 0 unspecified atom stereocenters. The number of hydrogen-bond acceptors (Lipinski definition) is 5. The van der Waals surface area contributed by atoms with Gasteiger partial charge < -0.3 is 14.8 Å². The van der Waals surface area contributed by atoms with E-state index >= 15 is 0 Å². The molecule has 0 aliphatic carbocycles. The molecular weight excluding hydrogens is 530 g/mol. The molecule has 1 heterocycles. The number of benzene rings is 4. The van der Waals surface area contributed by atoms with E-state index in [2.05, 4.69) is 10.6 Å². The standard InChI is InChI=1S/C34H33N3O5/c1-34(2,3)42-32(39)36-28-19-18-27(24-10-6-4-7-11-24)20-29(28)35-31(38)26-16-14-23(15-17-26)21-37-30(22-41-33(37)40)25-12-8-5-9-13-25/h4-20,30H,21-22H2,1-3H3,(H,35,38)(H,36,39)/t30-/m1/s1. The highest BCUT2D eigenvalue weighted by Gasteiger charge is 2.34. The fraction of sp³-hybridized carbons (Fsp3) is 0.206. The molecule has 5 rings (SSSR count). The van der Waals surface area contributed by atoms with E-state index in [1.165, 1.54) is 0 Å². The molecule has 1 atom stereocenters. The molecule has 4 aromatic carbocycles. The summed E-state index contributed by atoms with van der Waals surface area (Å²) in [6, 6.07) is 31.8. The second-order valence-electron chi connectivity index (χ2n) is 11.0. The average Bonchev–Trinajstić information content (AvgIpc) is 3.33. The molecule has 1 saturated heterocycles. The lowest BCUT2D eigenvalue weighted by molar-refractivity contribution is 0.0635. The van der Waals surface area contributed by atoms with E-state index in [1.54, 1.807) is 43.9 Å². The third-order valence-corrected chi connectivity index (χ3v) is 6.74. The summed E-state index contributed by atoms with van der Waals surface area (Å²) in [5.41, 5.74) is 4.31. The Morgan fingerprint density at radius 3 is 2.17 bits per heavy atom. The summed E-state index contributed by atoms with van der Waals surface area (Å²) >= 11 is 0. The van der Waals surface area contributed by atoms with Crippen LogP contribution in [0.15, 0.2) is 103 Å². The van der Waals surface area contributed by atoms with Crippen molar-refractivity contribution in [2.45, 2.75) is 39.0 Å². The molecule has 4 aromatic rings. The van der Waals surface area contributed by atoms with Crippen LogP contribution in [-0.4, -0.2) is 35.2 Å². The number of rotatable bonds is 7. The van der Waals surface area contributed by atoms with Crippen molar-refractivity contribution in [1.29, 1.82) is 0 Å². The van der Waals surface area contributed by atoms with Crippen LogP contribution in [0.25, 0.3) is 11.1 Å². The number of nitrogens with zero attached hydrogens (tertiary/aromatic N) is 1. The predicted molar refractivity (Wildman–Crippen MR) is 162 cm³/mol. The first-order chi connectivity index (χ1) is 20.2. The second kappa shape index (κ2) is 12.2. The summed E-state index contributed by atoms with van der Waals surface area (Å²) in [5.74, 6) is -0.346. The summed E-state index contributed by atoms with van der Waals surface area (Å²) in [7, 11) is 0. The highest BCUT2D eigenvalue weighted by atomic mass is 16.6. The molecule has 0 saturated carbocycles. The highest BCUT2D eigenvalue weighted by Crippen LogP contribution is 2.31. The molecule has 1 fully saturated rings. The Morgan fingerprint density at radius 2 is 1.50 bits per heavy atom. The maximum atomic E-state index is 13.3. The lowest BCUT2D eigenvalue weighted by Crippen LogP contribution is -2.27. The highest BCUT2D eigenvalue weighted by molar-refractivity contribution is 6.07. The van der Waals surface area contributed by atoms with Gasteiger partial charge in [0.1, 0.15) is 12.2 Å². The molecule has 3 amide bonds. The Labute approximate surface area is 245 Å². The van der Waals surface area contributed by atoms with Gasteiger partial charge in [-0.15, -0.1) is 0 Å². The summed E-state index contributed by atoms with van der Waals surface area (Å²) in [5, 5.41) is 5.69. The van der Waals surface area contributed by atoms with E-state index < -0.39 is 11.7 Å². The zero-order chi connectivity index (χ0) is 29.7. The van der Waals surface area contributed by atoms with Crippen LogP contribution in [0.4, 0.5) is 21.0 Å². The molecule has 2 N–H and O–H groups in total. The maximum Gasteiger partial charge on any atom is 0.412 e. The number of carbonyl (C=O) groups excluding carboxylic acids is 3. The van der Waals surface area contributed by atoms with Crippen LogP contribution < -0.4 is 10.6 Å². The number of cyclic esters (lactones) is 1. The van der Waals surface area contributed by atoms with Crippen molar-refractivity contribution in [2.75, 3.05) is 17.2 Å². The van der Waals surface area contributed by atoms with Gasteiger partial charge in [-0.25, -0.2) is 9.59 Å². The van der Waals surface area contributed by atoms with Gasteiger partial charge in [-0.3, -0.25) is 15.0 Å². The van der Waals surface area contributed by atoms with Crippen molar-refractivity contribution in [1.82, 2.24) is 4.90 Å². The van der Waals surface area contributed by atoms with Crippen LogP contribution >= 0.6 is 0 Å². The summed E-state index contributed by atoms with van der Waals surface area (Å²) in [4.78, 5) is 40.0. The molecule has 0 bridgehead atoms. The van der Waals surface area contributed by atoms with E-state index in [0.717, 1.165) is 22.3 Å². The predicted octanol–water partition coefficient (Wildman–Crippen LogP) is 7.65. The molecule has 214 valence electrons. The lowest BCUT2D eigenvalue weighted by Gasteiger charge is -2.22. The van der Waals surface area contributed by atoms with Crippen molar-refractivity contribution in [3.63, 3.8) is 0 Å². The summed E-state index contributed by atoms with van der Waals surface area (Å²) in [6.07, 6.45) is -0.988. The van der Waals surface area contributed by atoms with Crippen LogP contribution in [0, 0.1) is 0 Å². The van der Waals surface area contributed by atoms with Crippen LogP contribution in [0.1, 0.15) is 48.3 Å². The first-order valence-corrected chi connectivity index (χ1v) is 13.7. The fourth-order valence-electron chi connectivity index (χ4n) is 4.71. The van der Waals surface area contributed by atoms with Crippen LogP contribution in [-0.2, 0) is 16.0 Å². The number of nitrogens with one attached hydrogen (secondary N) is 2. The molecule has 0 aromatic heterocycles. The van der Waals surface area contributed by atoms with E-state index in [1.807, 2.05) is 84.9 Å². The summed E-state index contributed by atoms with van der Waals surface area (Å²) < 4.78 is 10.7. The monoisotopic (exact) mass is 563 g/mol. The van der Waals surface area contributed by atoms with Crippen LogP contribution in [0.2, 0.25) is 0 Å². The number of hydrogen-bond donors (Lipinski definition) is 2. The Hall–Kier alpha value is -5.11. The zero-order valence-corrected chi connectivity index (χ0v) is 23.8. The number of anilines is 2. The minimum absolute atomic E-state index is 0.172. The lowest BCUT2D eigenvalue weighted by atomic mass is 10.0. The van der Waals surface area contributed by atoms with E-state index in [0.29, 0.717) is 30.1 Å². The Balaban J connectivity index is 1.33. The van der Waals surface area contributed by atoms with Crippen molar-refractivity contribution >= 4 is 29.5 Å². The minimum Gasteiger partial charge on any atom is -0.447 e. The van der Waals surface area contributed by atoms with Crippen LogP contribution in [0.3, 0.4) is 0 Å². The molecule has 8 nitrogen and oxygen atoms in total. The van der Waals surface area contributed by atoms with E-state index in [4.69, 9.17) is 9.47 Å². The second-order valence-corrected chi connectivity index (χ2v) is 11.0. The molecular formula is C34H33N3O5. The van der Waals surface area contributed by atoms with Crippen molar-refractivity contribution < 1.29 is 23.9 Å². The van der Waals surface area contributed by atoms with Gasteiger partial charge >= 0.3 is 12.2 Å². The normalized spacial score (nSPS) is 14.7. The Bertz CT molecular complexity index is 1560. The summed E-state index contributed by atoms with van der Waals surface area (Å²) in [6.45, 7) is 6.00. The van der Waals surface area contributed by atoms with E-state index in [9.17, 15) is 14.4 Å². The van der Waals surface area contributed by atoms with Gasteiger partial charge in [-0.1, -0.05) is 78.9 Å². The van der Waals surface area contributed by atoms with Crippen molar-refractivity contribution in [2.24, 2.45) is 0 Å². The topological polar surface area (TPSA) is 97.0 Å². The molecule has 1 aliphatic heterocycles. The SMILES string of the molecule is CC(C)(C)OC(=O)Nc1ccc(-c2ccccc2)cc1NC(=O)c1ccc(CN2C(=O)OC[C@@H]2c2ccccc2)cc1. The van der Waals surface area contributed by atoms with Gasteiger partial charge in [0.15, 0.2) is 0 Å². The van der Waals surface area contributed by atoms with Gasteiger partial charge in [0.05, 0.1) is 17.4 Å².